The van der Waals surface area contributed by atoms with E-state index >= 15 is 0 Å². The zero-order valence-electron chi connectivity index (χ0n) is 14.6. The zero-order valence-corrected chi connectivity index (χ0v) is 16.1. The number of aromatic nitrogens is 2. The predicted octanol–water partition coefficient (Wildman–Crippen LogP) is 4.52. The van der Waals surface area contributed by atoms with Crippen LogP contribution in [-0.2, 0) is 22.5 Å². The number of carbonyl (C=O) groups is 1. The molecule has 0 fully saturated rings. The summed E-state index contributed by atoms with van der Waals surface area (Å²) in [7, 11) is 0. The molecule has 0 amide bonds. The first-order chi connectivity index (χ1) is 11.9. The molecule has 7 heteroatoms. The average Bonchev–Trinajstić information content (AvgIpc) is 2.89. The Labute approximate surface area is 157 Å². The van der Waals surface area contributed by atoms with Crippen molar-refractivity contribution in [3.63, 3.8) is 0 Å². The van der Waals surface area contributed by atoms with Crippen LogP contribution in [0.25, 0.3) is 0 Å². The number of nitrogens with zero attached hydrogens (tertiary/aromatic N) is 2. The second kappa shape index (κ2) is 9.11. The maximum Gasteiger partial charge on any atom is 0.306 e. The van der Waals surface area contributed by atoms with E-state index in [1.54, 1.807) is 23.7 Å². The first-order valence-corrected chi connectivity index (χ1v) is 8.97. The molecule has 0 unspecified atom stereocenters. The third-order valence-electron chi connectivity index (χ3n) is 3.42. The minimum atomic E-state index is -0.230. The van der Waals surface area contributed by atoms with E-state index in [0.29, 0.717) is 35.5 Å². The van der Waals surface area contributed by atoms with E-state index < -0.39 is 0 Å². The van der Waals surface area contributed by atoms with Crippen LogP contribution in [0.1, 0.15) is 38.4 Å². The van der Waals surface area contributed by atoms with Crippen LogP contribution < -0.4 is 4.74 Å². The van der Waals surface area contributed by atoms with E-state index in [-0.39, 0.29) is 18.5 Å². The van der Waals surface area contributed by atoms with Crippen LogP contribution in [0.2, 0.25) is 10.0 Å². The predicted molar refractivity (Wildman–Crippen MR) is 98.5 cm³/mol. The van der Waals surface area contributed by atoms with Gasteiger partial charge in [-0.1, -0.05) is 29.3 Å². The molecule has 0 atom stereocenters. The van der Waals surface area contributed by atoms with Gasteiger partial charge in [0.1, 0.15) is 0 Å². The van der Waals surface area contributed by atoms with Gasteiger partial charge in [0.25, 0.3) is 0 Å². The third-order valence-corrected chi connectivity index (χ3v) is 4.01. The van der Waals surface area contributed by atoms with Crippen LogP contribution in [0.3, 0.4) is 0 Å². The Bertz CT molecular complexity index is 729. The molecule has 2 aromatic rings. The lowest BCUT2D eigenvalue weighted by Crippen LogP contribution is -2.11. The van der Waals surface area contributed by atoms with Crippen molar-refractivity contribution in [2.24, 2.45) is 0 Å². The maximum absolute atomic E-state index is 11.6. The first kappa shape index (κ1) is 19.6. The van der Waals surface area contributed by atoms with E-state index in [0.717, 1.165) is 11.3 Å². The standard InChI is InChI=1S/C18H22Cl2N2O3/c1-4-24-18(23)8-7-15-10-17(25-12(2)3)21-22(15)11-13-5-6-14(19)9-16(13)20/h5-6,9-10,12H,4,7-8,11H2,1-3H3. The summed E-state index contributed by atoms with van der Waals surface area (Å²) in [4.78, 5) is 11.6. The third kappa shape index (κ3) is 5.94. The molecule has 136 valence electrons. The van der Waals surface area contributed by atoms with Gasteiger partial charge < -0.3 is 9.47 Å². The Balaban J connectivity index is 2.21. The lowest BCUT2D eigenvalue weighted by molar-refractivity contribution is -0.143. The largest absolute Gasteiger partial charge is 0.474 e. The molecule has 0 saturated heterocycles. The van der Waals surface area contributed by atoms with Gasteiger partial charge in [-0.15, -0.1) is 5.10 Å². The molecule has 0 radical (unpaired) electrons. The van der Waals surface area contributed by atoms with Crippen molar-refractivity contribution in [2.45, 2.75) is 46.3 Å². The van der Waals surface area contributed by atoms with E-state index in [4.69, 9.17) is 32.7 Å². The highest BCUT2D eigenvalue weighted by Gasteiger charge is 2.14. The van der Waals surface area contributed by atoms with Crippen molar-refractivity contribution < 1.29 is 14.3 Å². The highest BCUT2D eigenvalue weighted by molar-refractivity contribution is 6.35. The molecule has 1 aromatic carbocycles. The second-order valence-electron chi connectivity index (χ2n) is 5.84. The molecule has 0 saturated carbocycles. The number of ether oxygens (including phenoxy) is 2. The zero-order chi connectivity index (χ0) is 18.4. The maximum atomic E-state index is 11.6. The highest BCUT2D eigenvalue weighted by atomic mass is 35.5. The number of benzene rings is 1. The minimum absolute atomic E-state index is 0.0142. The van der Waals surface area contributed by atoms with Crippen molar-refractivity contribution in [2.75, 3.05) is 6.61 Å². The lowest BCUT2D eigenvalue weighted by atomic mass is 10.2. The Morgan fingerprint density at radius 2 is 2.04 bits per heavy atom. The second-order valence-corrected chi connectivity index (χ2v) is 6.68. The number of esters is 1. The van der Waals surface area contributed by atoms with Crippen molar-refractivity contribution >= 4 is 29.2 Å². The van der Waals surface area contributed by atoms with Crippen LogP contribution in [0.5, 0.6) is 5.88 Å². The molecule has 1 heterocycles. The summed E-state index contributed by atoms with van der Waals surface area (Å²) < 4.78 is 12.5. The fraction of sp³-hybridized carbons (Fsp3) is 0.444. The molecule has 0 N–H and O–H groups in total. The molecule has 0 spiro atoms. The van der Waals surface area contributed by atoms with Gasteiger partial charge in [0.05, 0.1) is 25.7 Å². The van der Waals surface area contributed by atoms with E-state index in [9.17, 15) is 4.79 Å². The van der Waals surface area contributed by atoms with Gasteiger partial charge in [0.15, 0.2) is 0 Å². The Hall–Kier alpha value is -1.72. The summed E-state index contributed by atoms with van der Waals surface area (Å²) in [6.07, 6.45) is 0.813. The fourth-order valence-electron chi connectivity index (χ4n) is 2.34. The van der Waals surface area contributed by atoms with Crippen LogP contribution in [0.15, 0.2) is 24.3 Å². The summed E-state index contributed by atoms with van der Waals surface area (Å²) in [5.41, 5.74) is 1.78. The van der Waals surface area contributed by atoms with Crippen molar-refractivity contribution in [1.82, 2.24) is 9.78 Å². The van der Waals surface area contributed by atoms with Crippen LogP contribution in [0, 0.1) is 0 Å². The smallest absolute Gasteiger partial charge is 0.306 e. The summed E-state index contributed by atoms with van der Waals surface area (Å²) in [6.45, 7) is 6.51. The molecule has 5 nitrogen and oxygen atoms in total. The van der Waals surface area contributed by atoms with Crippen LogP contribution >= 0.6 is 23.2 Å². The molecule has 0 aliphatic heterocycles. The lowest BCUT2D eigenvalue weighted by Gasteiger charge is -2.09. The van der Waals surface area contributed by atoms with Gasteiger partial charge in [0, 0.05) is 21.8 Å². The Kier molecular flexibility index (Phi) is 7.14. The van der Waals surface area contributed by atoms with Gasteiger partial charge in [-0.2, -0.15) is 0 Å². The summed E-state index contributed by atoms with van der Waals surface area (Å²) >= 11 is 12.2. The number of carbonyl (C=O) groups excluding carboxylic acids is 1. The van der Waals surface area contributed by atoms with Gasteiger partial charge in [0.2, 0.25) is 5.88 Å². The molecule has 0 aliphatic carbocycles. The van der Waals surface area contributed by atoms with Crippen molar-refractivity contribution in [1.29, 1.82) is 0 Å². The topological polar surface area (TPSA) is 53.4 Å². The van der Waals surface area contributed by atoms with Crippen LogP contribution in [0.4, 0.5) is 0 Å². The quantitative estimate of drug-likeness (QED) is 0.627. The number of rotatable bonds is 8. The fourth-order valence-corrected chi connectivity index (χ4v) is 2.81. The molecular formula is C18H22Cl2N2O3. The van der Waals surface area contributed by atoms with Gasteiger partial charge in [-0.05, 0) is 44.9 Å². The summed E-state index contributed by atoms with van der Waals surface area (Å²) in [6, 6.07) is 7.20. The van der Waals surface area contributed by atoms with E-state index in [1.807, 2.05) is 26.0 Å². The minimum Gasteiger partial charge on any atom is -0.474 e. The van der Waals surface area contributed by atoms with Crippen molar-refractivity contribution in [3.05, 3.63) is 45.6 Å². The van der Waals surface area contributed by atoms with Gasteiger partial charge in [-0.25, -0.2) is 0 Å². The molecule has 0 aliphatic rings. The first-order valence-electron chi connectivity index (χ1n) is 8.22. The summed E-state index contributed by atoms with van der Waals surface area (Å²) in [5, 5.41) is 5.64. The molecule has 0 bridgehead atoms. The van der Waals surface area contributed by atoms with Gasteiger partial charge in [-0.3, -0.25) is 9.48 Å². The molecule has 1 aromatic heterocycles. The van der Waals surface area contributed by atoms with E-state index in [2.05, 4.69) is 5.10 Å². The average molecular weight is 385 g/mol. The molecule has 25 heavy (non-hydrogen) atoms. The van der Waals surface area contributed by atoms with Gasteiger partial charge >= 0.3 is 5.97 Å². The summed E-state index contributed by atoms with van der Waals surface area (Å²) in [5.74, 6) is 0.296. The van der Waals surface area contributed by atoms with E-state index in [1.165, 1.54) is 0 Å². The highest BCUT2D eigenvalue weighted by Crippen LogP contribution is 2.23. The number of halogens is 2. The van der Waals surface area contributed by atoms with Crippen LogP contribution in [-0.4, -0.2) is 28.5 Å². The normalized spacial score (nSPS) is 11.0. The number of hydrogen-bond acceptors (Lipinski definition) is 4. The van der Waals surface area contributed by atoms with Crippen molar-refractivity contribution in [3.8, 4) is 5.88 Å². The molecular weight excluding hydrogens is 363 g/mol. The molecule has 2 rings (SSSR count). The monoisotopic (exact) mass is 384 g/mol. The SMILES string of the molecule is CCOC(=O)CCc1cc(OC(C)C)nn1Cc1ccc(Cl)cc1Cl. The number of aryl methyl sites for hydroxylation is 1. The Morgan fingerprint density at radius 1 is 1.28 bits per heavy atom. The number of hydrogen-bond donors (Lipinski definition) is 0. The Morgan fingerprint density at radius 3 is 2.68 bits per heavy atom.